The van der Waals surface area contributed by atoms with Crippen molar-refractivity contribution in [2.24, 2.45) is 23.7 Å². The van der Waals surface area contributed by atoms with Crippen LogP contribution in [-0.4, -0.2) is 87.0 Å². The van der Waals surface area contributed by atoms with Gasteiger partial charge in [0.15, 0.2) is 5.88 Å². The third kappa shape index (κ3) is 6.82. The molecule has 0 radical (unpaired) electrons. The van der Waals surface area contributed by atoms with E-state index in [-0.39, 0.29) is 23.7 Å². The third-order valence-corrected chi connectivity index (χ3v) is 14.1. The second-order valence-electron chi connectivity index (χ2n) is 18.6. The smallest absolute Gasteiger partial charge is 0.407 e. The summed E-state index contributed by atoms with van der Waals surface area (Å²) in [4.78, 5) is 61.7. The molecule has 326 valence electrons. The molecule has 3 amide bonds. The van der Waals surface area contributed by atoms with Crippen LogP contribution in [0.1, 0.15) is 83.6 Å². The third-order valence-electron chi connectivity index (χ3n) is 14.1. The van der Waals surface area contributed by atoms with E-state index in [4.69, 9.17) is 23.9 Å². The topological polar surface area (TPSA) is 171 Å². The lowest BCUT2D eigenvalue weighted by Crippen LogP contribution is -2.56. The number of nitrogens with zero attached hydrogens (tertiary/aromatic N) is 4. The predicted molar refractivity (Wildman–Crippen MR) is 235 cm³/mol. The molecule has 62 heavy (non-hydrogen) atoms. The number of carbonyl (C=O) groups excluding carboxylic acids is 3. The fraction of sp³-hybridized carbons (Fsp3) is 0.479. The van der Waals surface area contributed by atoms with Gasteiger partial charge >= 0.3 is 6.09 Å². The number of nitrogens with one attached hydrogen (secondary N) is 4. The number of H-pyrrole nitrogens is 2. The van der Waals surface area contributed by atoms with Crippen molar-refractivity contribution >= 4 is 28.9 Å². The standard InChI is InChI=1S/C48H58N8O6/c1-26(2)39(51-29(6)60-7)42(57)55-24-30-15-17-47(55,20-30)44-49-22-37(52-44)33-11-9-32(10-12-33)34-13-14-35(41-36(34)19-28(5)62-41)38-23-50-45(53-38)48-18-16-31(21-48)25-56(48)43(58)40(27(3)4)54-46(59)61-8/h9-14,19,22-23,26-27,30-31,39-40,51H,6,15-18,20-21,24-25H2,1-5,7-8H3,(H,49,52)(H,50,53)(H,54,59)/t30-,31-,39+,40+,47+,48+/m1/s1. The molecule has 14 nitrogen and oxygen atoms in total. The van der Waals surface area contributed by atoms with Crippen molar-refractivity contribution in [1.29, 1.82) is 0 Å². The average Bonchev–Trinajstić information content (AvgIpc) is 4.13. The summed E-state index contributed by atoms with van der Waals surface area (Å²) in [5, 5.41) is 6.95. The Morgan fingerprint density at radius 2 is 1.31 bits per heavy atom. The molecule has 2 saturated heterocycles. The van der Waals surface area contributed by atoms with Gasteiger partial charge in [-0.25, -0.2) is 14.8 Å². The fourth-order valence-corrected chi connectivity index (χ4v) is 10.9. The van der Waals surface area contributed by atoms with E-state index in [2.05, 4.69) is 69.6 Å². The van der Waals surface area contributed by atoms with Crippen LogP contribution < -0.4 is 10.6 Å². The van der Waals surface area contributed by atoms with Gasteiger partial charge in [-0.3, -0.25) is 9.59 Å². The first-order valence-electron chi connectivity index (χ1n) is 22.0. The summed E-state index contributed by atoms with van der Waals surface area (Å²) in [6.07, 6.45) is 8.71. The largest absolute Gasteiger partial charge is 0.483 e. The maximum absolute atomic E-state index is 14.1. The number of fused-ring (bicyclic) bond motifs is 5. The van der Waals surface area contributed by atoms with Crippen LogP contribution >= 0.6 is 0 Å². The monoisotopic (exact) mass is 842 g/mol. The number of likely N-dealkylation sites (tertiary alicyclic amines) is 2. The average molecular weight is 843 g/mol. The van der Waals surface area contributed by atoms with Gasteiger partial charge in [-0.2, -0.15) is 0 Å². The van der Waals surface area contributed by atoms with E-state index in [9.17, 15) is 14.4 Å². The summed E-state index contributed by atoms with van der Waals surface area (Å²) >= 11 is 0. The number of rotatable bonds is 13. The van der Waals surface area contributed by atoms with Gasteiger partial charge in [0, 0.05) is 42.0 Å². The minimum absolute atomic E-state index is 0.0436. The Balaban J connectivity index is 0.965. The van der Waals surface area contributed by atoms with Crippen LogP contribution in [0.25, 0.3) is 44.6 Å². The van der Waals surface area contributed by atoms with Gasteiger partial charge < -0.3 is 44.3 Å². The van der Waals surface area contributed by atoms with Gasteiger partial charge in [0.25, 0.3) is 0 Å². The van der Waals surface area contributed by atoms with E-state index in [0.717, 1.165) is 101 Å². The number of amides is 3. The van der Waals surface area contributed by atoms with Gasteiger partial charge in [-0.1, -0.05) is 58.0 Å². The van der Waals surface area contributed by atoms with Gasteiger partial charge in [-0.05, 0) is 99.0 Å². The summed E-state index contributed by atoms with van der Waals surface area (Å²) in [6.45, 7) is 15.1. The molecular weight excluding hydrogens is 785 g/mol. The number of furan rings is 1. The van der Waals surface area contributed by atoms with E-state index < -0.39 is 29.3 Å². The predicted octanol–water partition coefficient (Wildman–Crippen LogP) is 7.98. The van der Waals surface area contributed by atoms with Crippen LogP contribution in [0.2, 0.25) is 0 Å². The summed E-state index contributed by atoms with van der Waals surface area (Å²) in [5.74, 6) is 3.43. The Hall–Kier alpha value is -6.05. The van der Waals surface area contributed by atoms with Gasteiger partial charge in [0.05, 0.1) is 25.6 Å². The highest BCUT2D eigenvalue weighted by atomic mass is 16.5. The molecule has 14 heteroatoms. The van der Waals surface area contributed by atoms with E-state index >= 15 is 0 Å². The lowest BCUT2D eigenvalue weighted by atomic mass is 9.93. The van der Waals surface area contributed by atoms with Gasteiger partial charge in [-0.15, -0.1) is 0 Å². The molecule has 5 aromatic rings. The zero-order chi connectivity index (χ0) is 43.7. The second kappa shape index (κ2) is 15.7. The minimum Gasteiger partial charge on any atom is -0.483 e. The van der Waals surface area contributed by atoms with Crippen molar-refractivity contribution in [3.05, 3.63) is 84.7 Å². The van der Waals surface area contributed by atoms with E-state index in [1.165, 1.54) is 7.11 Å². The number of aryl methyl sites for hydroxylation is 1. The Morgan fingerprint density at radius 1 is 0.774 bits per heavy atom. The maximum atomic E-state index is 14.1. The lowest BCUT2D eigenvalue weighted by Gasteiger charge is -2.40. The normalized spacial score (nSPS) is 23.7. The van der Waals surface area contributed by atoms with Crippen LogP contribution in [0.5, 0.6) is 0 Å². The summed E-state index contributed by atoms with van der Waals surface area (Å²) in [7, 11) is 2.86. The minimum atomic E-state index is -0.707. The SMILES string of the molecule is C=C(N[C@H](C(=O)N1C[C@@H]2CC[C@@]1(c1nc(-c3ccc(-c4ccc(-c5c[nH]c([C@@]67CC[C@@H](CN6C(=O)[C@@H](NC(=O)OC)C(C)C)C7)n5)c5oc(C)cc45)cc3)c[nH]1)C2)C(C)C)OC. The molecule has 4 bridgehead atoms. The highest BCUT2D eigenvalue weighted by Crippen LogP contribution is 2.54. The highest BCUT2D eigenvalue weighted by Gasteiger charge is 2.58. The molecule has 4 N–H and O–H groups in total. The molecular formula is C48H58N8O6. The number of carbonyl (C=O) groups is 3. The van der Waals surface area contributed by atoms with E-state index in [1.807, 2.05) is 56.8 Å². The molecule has 4 fully saturated rings. The number of hydrogen-bond acceptors (Lipinski definition) is 9. The number of hydrogen-bond donors (Lipinski definition) is 4. The number of aromatic amines is 2. The van der Waals surface area contributed by atoms with Crippen molar-refractivity contribution in [2.45, 2.75) is 96.3 Å². The molecule has 6 atom stereocenters. The quantitative estimate of drug-likeness (QED) is 0.0859. The summed E-state index contributed by atoms with van der Waals surface area (Å²) < 4.78 is 16.5. The number of methoxy groups -OCH3 is 2. The first-order chi connectivity index (χ1) is 29.7. The number of alkyl carbamates (subject to hydrolysis) is 1. The summed E-state index contributed by atoms with van der Waals surface area (Å²) in [5.41, 5.74) is 5.18. The first kappa shape index (κ1) is 41.3. The van der Waals surface area contributed by atoms with Crippen LogP contribution in [0.15, 0.2) is 71.7 Å². The molecule has 2 aromatic carbocycles. The fourth-order valence-electron chi connectivity index (χ4n) is 10.9. The lowest BCUT2D eigenvalue weighted by molar-refractivity contribution is -0.141. The number of aromatic nitrogens is 4. The molecule has 0 unspecified atom stereocenters. The summed E-state index contributed by atoms with van der Waals surface area (Å²) in [6, 6.07) is 13.5. The molecule has 4 aliphatic rings. The number of piperidine rings is 2. The van der Waals surface area contributed by atoms with Crippen LogP contribution in [0, 0.1) is 30.6 Å². The van der Waals surface area contributed by atoms with Crippen molar-refractivity contribution in [3.63, 3.8) is 0 Å². The Morgan fingerprint density at radius 3 is 1.85 bits per heavy atom. The van der Waals surface area contributed by atoms with Gasteiger partial charge in [0.2, 0.25) is 11.8 Å². The van der Waals surface area contributed by atoms with Crippen molar-refractivity contribution in [2.75, 3.05) is 27.3 Å². The number of imidazole rings is 2. The molecule has 0 spiro atoms. The van der Waals surface area contributed by atoms with Crippen molar-refractivity contribution < 1.29 is 28.3 Å². The first-order valence-corrected chi connectivity index (χ1v) is 22.0. The van der Waals surface area contributed by atoms with Crippen LogP contribution in [-0.2, 0) is 30.1 Å². The Bertz CT molecular complexity index is 2540. The molecule has 3 aromatic heterocycles. The number of benzene rings is 2. The zero-order valence-electron chi connectivity index (χ0n) is 36.8. The van der Waals surface area contributed by atoms with Crippen LogP contribution in [0.3, 0.4) is 0 Å². The molecule has 2 aliphatic carbocycles. The van der Waals surface area contributed by atoms with E-state index in [0.29, 0.717) is 30.8 Å². The zero-order valence-corrected chi connectivity index (χ0v) is 36.8. The molecule has 9 rings (SSSR count). The van der Waals surface area contributed by atoms with Crippen LogP contribution in [0.4, 0.5) is 4.79 Å². The maximum Gasteiger partial charge on any atom is 0.407 e. The molecule has 2 aliphatic heterocycles. The van der Waals surface area contributed by atoms with Gasteiger partial charge in [0.1, 0.15) is 46.2 Å². The Kier molecular flexibility index (Phi) is 10.5. The van der Waals surface area contributed by atoms with Crippen molar-refractivity contribution in [1.82, 2.24) is 40.4 Å². The number of ether oxygens (including phenoxy) is 2. The highest BCUT2D eigenvalue weighted by molar-refractivity contribution is 6.02. The molecule has 5 heterocycles. The van der Waals surface area contributed by atoms with Crippen molar-refractivity contribution in [3.8, 4) is 33.6 Å². The molecule has 2 saturated carbocycles. The Labute approximate surface area is 362 Å². The second-order valence-corrected chi connectivity index (χ2v) is 18.6. The van der Waals surface area contributed by atoms with E-state index in [1.54, 1.807) is 7.11 Å².